The first-order valence-corrected chi connectivity index (χ1v) is 6.34. The van der Waals surface area contributed by atoms with Crippen LogP contribution in [0.5, 0.6) is 0 Å². The monoisotopic (exact) mass is 224 g/mol. The van der Waals surface area contributed by atoms with Gasteiger partial charge in [0.05, 0.1) is 0 Å². The molecule has 0 aliphatic carbocycles. The summed E-state index contributed by atoms with van der Waals surface area (Å²) in [6.07, 6.45) is 3.02. The first kappa shape index (κ1) is 12.4. The fourth-order valence-electron chi connectivity index (χ4n) is 1.42. The van der Waals surface area contributed by atoms with Gasteiger partial charge in [0, 0.05) is 31.1 Å². The first-order valence-electron chi connectivity index (χ1n) is 5.46. The topological polar surface area (TPSA) is 24.1 Å². The summed E-state index contributed by atoms with van der Waals surface area (Å²) in [5, 5.41) is 8.87. The van der Waals surface area contributed by atoms with Crippen LogP contribution in [0.1, 0.15) is 17.4 Å². The van der Waals surface area contributed by atoms with Gasteiger partial charge in [-0.15, -0.1) is 17.9 Å². The van der Waals surface area contributed by atoms with E-state index in [1.165, 1.54) is 10.4 Å². The Labute approximate surface area is 96.4 Å². The molecule has 0 saturated heterocycles. The molecular weight excluding hydrogens is 204 g/mol. The van der Waals surface area contributed by atoms with E-state index in [1.807, 2.05) is 17.4 Å². The van der Waals surface area contributed by atoms with Crippen LogP contribution in [0.15, 0.2) is 24.1 Å². The Morgan fingerprint density at radius 1 is 1.40 bits per heavy atom. The molecule has 2 nitrogen and oxygen atoms in total. The molecule has 0 aliphatic rings. The molecule has 0 saturated carbocycles. The standard InChI is InChI=1S/C12H20N2S/c1-3-6-13-7-8-14-10-12-11(4-2)5-9-15-12/h3,5,9,13-14H,1,4,6-8,10H2,2H3. The van der Waals surface area contributed by atoms with Crippen LogP contribution in [-0.2, 0) is 13.0 Å². The van der Waals surface area contributed by atoms with Crippen LogP contribution in [0.2, 0.25) is 0 Å². The molecule has 2 N–H and O–H groups in total. The van der Waals surface area contributed by atoms with Crippen molar-refractivity contribution in [1.29, 1.82) is 0 Å². The Morgan fingerprint density at radius 3 is 2.93 bits per heavy atom. The average Bonchev–Trinajstić information content (AvgIpc) is 2.70. The molecule has 84 valence electrons. The molecule has 3 heteroatoms. The molecule has 0 bridgehead atoms. The van der Waals surface area contributed by atoms with E-state index in [0.29, 0.717) is 0 Å². The molecule has 0 aliphatic heterocycles. The third-order valence-electron chi connectivity index (χ3n) is 2.27. The van der Waals surface area contributed by atoms with Crippen LogP contribution in [0, 0.1) is 0 Å². The van der Waals surface area contributed by atoms with Gasteiger partial charge in [0.2, 0.25) is 0 Å². The normalized spacial score (nSPS) is 10.5. The van der Waals surface area contributed by atoms with E-state index in [1.54, 1.807) is 0 Å². The van der Waals surface area contributed by atoms with E-state index in [0.717, 1.165) is 32.6 Å². The van der Waals surface area contributed by atoms with E-state index in [9.17, 15) is 0 Å². The van der Waals surface area contributed by atoms with Gasteiger partial charge in [-0.1, -0.05) is 13.0 Å². The Kier molecular flexibility index (Phi) is 6.32. The molecular formula is C12H20N2S. The molecule has 1 aromatic heterocycles. The molecule has 0 spiro atoms. The Balaban J connectivity index is 2.12. The molecule has 1 aromatic rings. The van der Waals surface area contributed by atoms with Gasteiger partial charge in [-0.05, 0) is 23.4 Å². The predicted molar refractivity (Wildman–Crippen MR) is 68.5 cm³/mol. The van der Waals surface area contributed by atoms with Crippen LogP contribution >= 0.6 is 11.3 Å². The molecule has 0 fully saturated rings. The van der Waals surface area contributed by atoms with Crippen molar-refractivity contribution >= 4 is 11.3 Å². The van der Waals surface area contributed by atoms with Gasteiger partial charge < -0.3 is 10.6 Å². The minimum absolute atomic E-state index is 0.890. The molecule has 0 amide bonds. The van der Waals surface area contributed by atoms with E-state index in [-0.39, 0.29) is 0 Å². The van der Waals surface area contributed by atoms with Gasteiger partial charge in [-0.2, -0.15) is 0 Å². The van der Waals surface area contributed by atoms with Gasteiger partial charge in [0.25, 0.3) is 0 Å². The van der Waals surface area contributed by atoms with Crippen molar-refractivity contribution in [3.63, 3.8) is 0 Å². The third-order valence-corrected chi connectivity index (χ3v) is 3.23. The van der Waals surface area contributed by atoms with E-state index >= 15 is 0 Å². The average molecular weight is 224 g/mol. The summed E-state index contributed by atoms with van der Waals surface area (Å²) in [6, 6.07) is 2.22. The van der Waals surface area contributed by atoms with E-state index < -0.39 is 0 Å². The zero-order valence-electron chi connectivity index (χ0n) is 9.38. The predicted octanol–water partition coefficient (Wildman–Crippen LogP) is 2.18. The van der Waals surface area contributed by atoms with Crippen molar-refractivity contribution in [3.05, 3.63) is 34.5 Å². The zero-order valence-corrected chi connectivity index (χ0v) is 10.2. The lowest BCUT2D eigenvalue weighted by atomic mass is 10.2. The summed E-state index contributed by atoms with van der Waals surface area (Å²) in [4.78, 5) is 1.47. The minimum Gasteiger partial charge on any atom is -0.312 e. The minimum atomic E-state index is 0.890. The van der Waals surface area contributed by atoms with Gasteiger partial charge in [0.1, 0.15) is 0 Å². The van der Waals surface area contributed by atoms with Crippen molar-refractivity contribution in [1.82, 2.24) is 10.6 Å². The smallest absolute Gasteiger partial charge is 0.0303 e. The molecule has 1 heterocycles. The summed E-state index contributed by atoms with van der Waals surface area (Å²) in [7, 11) is 0. The van der Waals surface area contributed by atoms with Gasteiger partial charge in [0.15, 0.2) is 0 Å². The van der Waals surface area contributed by atoms with Crippen molar-refractivity contribution in [2.24, 2.45) is 0 Å². The number of hydrogen-bond acceptors (Lipinski definition) is 3. The summed E-state index contributed by atoms with van der Waals surface area (Å²) in [5.74, 6) is 0. The van der Waals surface area contributed by atoms with Gasteiger partial charge >= 0.3 is 0 Å². The summed E-state index contributed by atoms with van der Waals surface area (Å²) >= 11 is 1.84. The van der Waals surface area contributed by atoms with Crippen LogP contribution in [0.4, 0.5) is 0 Å². The van der Waals surface area contributed by atoms with Crippen molar-refractivity contribution in [2.75, 3.05) is 19.6 Å². The Hall–Kier alpha value is -0.640. The van der Waals surface area contributed by atoms with E-state index in [4.69, 9.17) is 0 Å². The van der Waals surface area contributed by atoms with Crippen LogP contribution in [0.25, 0.3) is 0 Å². The largest absolute Gasteiger partial charge is 0.312 e. The number of nitrogens with one attached hydrogen (secondary N) is 2. The number of hydrogen-bond donors (Lipinski definition) is 2. The lowest BCUT2D eigenvalue weighted by molar-refractivity contribution is 0.637. The maximum absolute atomic E-state index is 3.66. The quantitative estimate of drug-likeness (QED) is 0.522. The van der Waals surface area contributed by atoms with Crippen molar-refractivity contribution < 1.29 is 0 Å². The first-order chi connectivity index (χ1) is 7.38. The van der Waals surface area contributed by atoms with Crippen LogP contribution in [-0.4, -0.2) is 19.6 Å². The van der Waals surface area contributed by atoms with Crippen LogP contribution in [0.3, 0.4) is 0 Å². The highest BCUT2D eigenvalue weighted by Crippen LogP contribution is 2.16. The van der Waals surface area contributed by atoms with Crippen molar-refractivity contribution in [2.45, 2.75) is 19.9 Å². The van der Waals surface area contributed by atoms with Crippen LogP contribution < -0.4 is 10.6 Å². The zero-order chi connectivity index (χ0) is 10.9. The summed E-state index contributed by atoms with van der Waals surface area (Å²) in [6.45, 7) is 9.76. The Bertz CT molecular complexity index is 281. The molecule has 0 radical (unpaired) electrons. The lowest BCUT2D eigenvalue weighted by Crippen LogP contribution is -2.27. The Morgan fingerprint density at radius 2 is 2.20 bits per heavy atom. The second-order valence-electron chi connectivity index (χ2n) is 3.39. The number of thiophene rings is 1. The summed E-state index contributed by atoms with van der Waals surface area (Å²) < 4.78 is 0. The molecule has 0 aromatic carbocycles. The fraction of sp³-hybridized carbons (Fsp3) is 0.500. The highest BCUT2D eigenvalue weighted by Gasteiger charge is 2.00. The third kappa shape index (κ3) is 4.60. The second kappa shape index (κ2) is 7.63. The second-order valence-corrected chi connectivity index (χ2v) is 4.39. The van der Waals surface area contributed by atoms with Crippen molar-refractivity contribution in [3.8, 4) is 0 Å². The number of aryl methyl sites for hydroxylation is 1. The maximum Gasteiger partial charge on any atom is 0.0303 e. The molecule has 15 heavy (non-hydrogen) atoms. The lowest BCUT2D eigenvalue weighted by Gasteiger charge is -2.05. The van der Waals surface area contributed by atoms with E-state index in [2.05, 4.69) is 35.6 Å². The van der Waals surface area contributed by atoms with Gasteiger partial charge in [-0.25, -0.2) is 0 Å². The SMILES string of the molecule is C=CCNCCNCc1sccc1CC. The highest BCUT2D eigenvalue weighted by molar-refractivity contribution is 7.10. The number of rotatable bonds is 8. The van der Waals surface area contributed by atoms with Gasteiger partial charge in [-0.3, -0.25) is 0 Å². The molecule has 0 atom stereocenters. The highest BCUT2D eigenvalue weighted by atomic mass is 32.1. The fourth-order valence-corrected chi connectivity index (χ4v) is 2.37. The molecule has 1 rings (SSSR count). The summed E-state index contributed by atoms with van der Waals surface area (Å²) in [5.41, 5.74) is 1.48. The molecule has 0 unspecified atom stereocenters. The maximum atomic E-state index is 3.66.